The molecule has 74 valence electrons. The lowest BCUT2D eigenvalue weighted by molar-refractivity contribution is 0.779. The van der Waals surface area contributed by atoms with Crippen molar-refractivity contribution in [2.75, 3.05) is 12.8 Å². The summed E-state index contributed by atoms with van der Waals surface area (Å²) in [5.41, 5.74) is 2.54. The molecule has 0 bridgehead atoms. The molecule has 0 spiro atoms. The van der Waals surface area contributed by atoms with Crippen LogP contribution < -0.4 is 17.4 Å². The summed E-state index contributed by atoms with van der Waals surface area (Å²) < 4.78 is 0. The molecule has 6 N–H and O–H groups in total. The van der Waals surface area contributed by atoms with Gasteiger partial charge in [-0.1, -0.05) is 31.5 Å². The van der Waals surface area contributed by atoms with Crippen LogP contribution in [0.25, 0.3) is 0 Å². The Kier molecular flexibility index (Phi) is 12.8. The number of thioether (sulfide) groups is 1. The largest absolute Gasteiger partial charge is 0.344 e. The van der Waals surface area contributed by atoms with Crippen molar-refractivity contribution in [2.45, 2.75) is 26.2 Å². The monoisotopic (exact) mass is 192 g/mol. The summed E-state index contributed by atoms with van der Waals surface area (Å²) in [4.78, 5) is 3.95. The fourth-order valence-corrected chi connectivity index (χ4v) is 1.45. The molecule has 0 saturated heterocycles. The molecule has 0 rings (SSSR count). The lowest BCUT2D eigenvalue weighted by Crippen LogP contribution is -2.27. The molecule has 0 atom stereocenters. The van der Waals surface area contributed by atoms with Crippen LogP contribution in [0.4, 0.5) is 0 Å². The van der Waals surface area contributed by atoms with Crippen LogP contribution in [-0.4, -0.2) is 18.0 Å². The summed E-state index contributed by atoms with van der Waals surface area (Å²) in [6.45, 7) is 2.20. The fraction of sp³-hybridized carbons (Fsp3) is 0.857. The van der Waals surface area contributed by atoms with Gasteiger partial charge >= 0.3 is 0 Å². The molecule has 0 fully saturated rings. The first-order valence-corrected chi connectivity index (χ1v) is 4.90. The Labute approximate surface area is 78.9 Å². The highest BCUT2D eigenvalue weighted by molar-refractivity contribution is 8.13. The minimum Gasteiger partial charge on any atom is -0.344 e. The summed E-state index contributed by atoms with van der Waals surface area (Å²) in [6.07, 6.45) is 3.78. The lowest BCUT2D eigenvalue weighted by atomic mass is 10.3. The molecule has 0 saturated carbocycles. The maximum Gasteiger partial charge on any atom is 0.170 e. The molecule has 0 aliphatic rings. The first-order valence-electron chi connectivity index (χ1n) is 3.91. The summed E-state index contributed by atoms with van der Waals surface area (Å²) >= 11 is 1.68. The lowest BCUT2D eigenvalue weighted by Gasteiger charge is -2.02. The molecule has 5 heteroatoms. The van der Waals surface area contributed by atoms with Gasteiger partial charge in [0, 0.05) is 12.8 Å². The molecule has 0 aliphatic heterocycles. The van der Waals surface area contributed by atoms with Crippen LogP contribution in [-0.2, 0) is 0 Å². The third-order valence-corrected chi connectivity index (χ3v) is 2.38. The average molecular weight is 192 g/mol. The van der Waals surface area contributed by atoms with E-state index in [4.69, 9.17) is 5.84 Å². The van der Waals surface area contributed by atoms with Crippen molar-refractivity contribution in [3.05, 3.63) is 0 Å². The van der Waals surface area contributed by atoms with Gasteiger partial charge in [0.2, 0.25) is 0 Å². The van der Waals surface area contributed by atoms with Gasteiger partial charge in [-0.3, -0.25) is 4.99 Å². The zero-order valence-electron chi connectivity index (χ0n) is 7.97. The molecule has 0 aromatic heterocycles. The first-order chi connectivity index (χ1) is 5.35. The molecule has 0 aliphatic carbocycles. The maximum atomic E-state index is 5.20. The summed E-state index contributed by atoms with van der Waals surface area (Å²) in [5.74, 6) is 6.30. The predicted octanol–water partition coefficient (Wildman–Crippen LogP) is 1.52. The number of hydrazine groups is 1. The van der Waals surface area contributed by atoms with Gasteiger partial charge in [0.05, 0.1) is 0 Å². The number of nitrogens with zero attached hydrogens (tertiary/aromatic N) is 1. The third-order valence-electron chi connectivity index (χ3n) is 1.31. The van der Waals surface area contributed by atoms with Crippen molar-refractivity contribution >= 4 is 16.9 Å². The van der Waals surface area contributed by atoms with Gasteiger partial charge < -0.3 is 11.6 Å². The Balaban J connectivity index is 0. The van der Waals surface area contributed by atoms with Crippen LogP contribution >= 0.6 is 11.8 Å². The number of hydrogen-bond acceptors (Lipinski definition) is 4. The van der Waals surface area contributed by atoms with Crippen molar-refractivity contribution in [3.63, 3.8) is 0 Å². The number of unbranched alkanes of at least 4 members (excludes halogenated alkanes) is 2. The van der Waals surface area contributed by atoms with E-state index in [1.807, 2.05) is 0 Å². The summed E-state index contributed by atoms with van der Waals surface area (Å²) in [5, 5.41) is 0.820. The zero-order valence-corrected chi connectivity index (χ0v) is 8.78. The van der Waals surface area contributed by atoms with Gasteiger partial charge in [-0.25, -0.2) is 5.84 Å². The number of rotatable bonds is 4. The van der Waals surface area contributed by atoms with Crippen molar-refractivity contribution in [1.82, 2.24) is 11.6 Å². The Morgan fingerprint density at radius 1 is 1.50 bits per heavy atom. The quantitative estimate of drug-likeness (QED) is 0.207. The van der Waals surface area contributed by atoms with E-state index in [1.165, 1.54) is 19.3 Å². The number of aliphatic imine (C=N–C) groups is 1. The second-order valence-corrected chi connectivity index (χ2v) is 3.31. The molecule has 0 amide bonds. The van der Waals surface area contributed by atoms with E-state index in [0.29, 0.717) is 0 Å². The minimum atomic E-state index is 0. The van der Waals surface area contributed by atoms with Crippen LogP contribution in [0, 0.1) is 0 Å². The van der Waals surface area contributed by atoms with Gasteiger partial charge in [-0.2, -0.15) is 0 Å². The highest BCUT2D eigenvalue weighted by atomic mass is 32.2. The van der Waals surface area contributed by atoms with E-state index < -0.39 is 0 Å². The summed E-state index contributed by atoms with van der Waals surface area (Å²) in [7, 11) is 1.74. The standard InChI is InChI=1S/C7H17N3S.H3N/c1-3-4-5-6-11-7(9-2)10-8;/h3-6,8H2,1-2H3,(H,9,10);1H3. The van der Waals surface area contributed by atoms with Gasteiger partial charge in [0.25, 0.3) is 0 Å². The zero-order chi connectivity index (χ0) is 8.53. The normalized spacial score (nSPS) is 10.8. The Morgan fingerprint density at radius 2 is 2.17 bits per heavy atom. The first kappa shape index (κ1) is 14.3. The van der Waals surface area contributed by atoms with Crippen molar-refractivity contribution in [1.29, 1.82) is 0 Å². The fourth-order valence-electron chi connectivity index (χ4n) is 0.692. The highest BCUT2D eigenvalue weighted by Crippen LogP contribution is 2.06. The van der Waals surface area contributed by atoms with Crippen LogP contribution in [0.1, 0.15) is 26.2 Å². The van der Waals surface area contributed by atoms with Crippen molar-refractivity contribution in [3.8, 4) is 0 Å². The molecular formula is C7H20N4S. The smallest absolute Gasteiger partial charge is 0.170 e. The van der Waals surface area contributed by atoms with Crippen LogP contribution in [0.2, 0.25) is 0 Å². The van der Waals surface area contributed by atoms with Crippen LogP contribution in [0.3, 0.4) is 0 Å². The maximum absolute atomic E-state index is 5.20. The second kappa shape index (κ2) is 10.7. The second-order valence-electron chi connectivity index (χ2n) is 2.23. The van der Waals surface area contributed by atoms with Gasteiger partial charge in [0.1, 0.15) is 0 Å². The van der Waals surface area contributed by atoms with Gasteiger partial charge in [-0.15, -0.1) is 0 Å². The molecule has 0 heterocycles. The van der Waals surface area contributed by atoms with E-state index in [2.05, 4.69) is 17.3 Å². The van der Waals surface area contributed by atoms with Crippen molar-refractivity contribution in [2.24, 2.45) is 10.8 Å². The van der Waals surface area contributed by atoms with Crippen LogP contribution in [0.15, 0.2) is 4.99 Å². The van der Waals surface area contributed by atoms with Gasteiger partial charge in [0.15, 0.2) is 5.17 Å². The Hall–Kier alpha value is -0.260. The molecular weight excluding hydrogens is 172 g/mol. The highest BCUT2D eigenvalue weighted by Gasteiger charge is 1.94. The molecule has 0 radical (unpaired) electrons. The van der Waals surface area contributed by atoms with E-state index in [0.717, 1.165) is 10.9 Å². The van der Waals surface area contributed by atoms with E-state index in [-0.39, 0.29) is 6.15 Å². The number of nitrogens with one attached hydrogen (secondary N) is 1. The van der Waals surface area contributed by atoms with Gasteiger partial charge in [-0.05, 0) is 6.42 Å². The number of amidine groups is 1. The van der Waals surface area contributed by atoms with E-state index in [9.17, 15) is 0 Å². The number of hydrogen-bond donors (Lipinski definition) is 3. The molecule has 0 aromatic carbocycles. The van der Waals surface area contributed by atoms with Crippen molar-refractivity contribution < 1.29 is 0 Å². The molecule has 0 unspecified atom stereocenters. The predicted molar refractivity (Wildman–Crippen MR) is 57.7 cm³/mol. The molecule has 12 heavy (non-hydrogen) atoms. The number of nitrogens with two attached hydrogens (primary N) is 1. The average Bonchev–Trinajstić information content (AvgIpc) is 2.05. The molecule has 0 aromatic rings. The topological polar surface area (TPSA) is 85.4 Å². The molecule has 4 nitrogen and oxygen atoms in total. The Morgan fingerprint density at radius 3 is 2.58 bits per heavy atom. The van der Waals surface area contributed by atoms with Crippen LogP contribution in [0.5, 0.6) is 0 Å². The third kappa shape index (κ3) is 7.84. The Bertz CT molecular complexity index is 116. The minimum absolute atomic E-state index is 0. The summed E-state index contributed by atoms with van der Waals surface area (Å²) in [6, 6.07) is 0. The van der Waals surface area contributed by atoms with E-state index >= 15 is 0 Å². The van der Waals surface area contributed by atoms with E-state index in [1.54, 1.807) is 18.8 Å². The SMILES string of the molecule is CCCCCSC(=NC)NN.N.